The summed E-state index contributed by atoms with van der Waals surface area (Å²) in [6.45, 7) is 1.97. The molecular formula is C11H13N5O. The Kier molecular flexibility index (Phi) is 3.04. The predicted molar refractivity (Wildman–Crippen MR) is 64.2 cm³/mol. The maximum absolute atomic E-state index is 11.7. The van der Waals surface area contributed by atoms with Gasteiger partial charge in [0.2, 0.25) is 5.91 Å². The van der Waals surface area contributed by atoms with Crippen molar-refractivity contribution in [2.75, 3.05) is 11.1 Å². The molecule has 0 fully saturated rings. The van der Waals surface area contributed by atoms with Gasteiger partial charge in [-0.15, -0.1) is 0 Å². The summed E-state index contributed by atoms with van der Waals surface area (Å²) in [5.74, 6) is 0.236. The molecule has 2 rings (SSSR count). The van der Waals surface area contributed by atoms with E-state index in [0.717, 1.165) is 5.69 Å². The summed E-state index contributed by atoms with van der Waals surface area (Å²) in [6.07, 6.45) is 3.34. The lowest BCUT2D eigenvalue weighted by Crippen LogP contribution is -2.19. The Hall–Kier alpha value is -2.37. The monoisotopic (exact) mass is 231 g/mol. The van der Waals surface area contributed by atoms with Crippen molar-refractivity contribution in [1.82, 2.24) is 14.8 Å². The molecule has 6 nitrogen and oxygen atoms in total. The van der Waals surface area contributed by atoms with Crippen molar-refractivity contribution in [3.8, 4) is 0 Å². The number of pyridine rings is 1. The van der Waals surface area contributed by atoms with Crippen LogP contribution in [0.2, 0.25) is 0 Å². The Bertz CT molecular complexity index is 534. The average molecular weight is 231 g/mol. The summed E-state index contributed by atoms with van der Waals surface area (Å²) in [7, 11) is 0. The molecule has 0 aromatic carbocycles. The molecule has 17 heavy (non-hydrogen) atoms. The summed E-state index contributed by atoms with van der Waals surface area (Å²) >= 11 is 0. The maximum atomic E-state index is 11.7. The van der Waals surface area contributed by atoms with Gasteiger partial charge < -0.3 is 11.1 Å². The third-order valence-corrected chi connectivity index (χ3v) is 2.25. The second kappa shape index (κ2) is 4.65. The van der Waals surface area contributed by atoms with Crippen molar-refractivity contribution in [2.45, 2.75) is 13.5 Å². The summed E-state index contributed by atoms with van der Waals surface area (Å²) in [4.78, 5) is 15.8. The number of anilines is 2. The molecule has 2 heterocycles. The van der Waals surface area contributed by atoms with Gasteiger partial charge in [0.05, 0.1) is 11.4 Å². The quantitative estimate of drug-likeness (QED) is 0.818. The topological polar surface area (TPSA) is 85.8 Å². The smallest absolute Gasteiger partial charge is 0.246 e. The standard InChI is InChI=1S/C11H13N5O/c1-8-9(3-2-5-13-8)14-11(17)7-16-6-4-10(12)15-16/h2-6H,7H2,1H3,(H2,12,15)(H,14,17). The number of nitrogens with two attached hydrogens (primary N) is 1. The van der Waals surface area contributed by atoms with E-state index in [1.807, 2.05) is 6.92 Å². The maximum Gasteiger partial charge on any atom is 0.246 e. The first-order valence-corrected chi connectivity index (χ1v) is 5.15. The van der Waals surface area contributed by atoms with Crippen molar-refractivity contribution < 1.29 is 4.79 Å². The first-order chi connectivity index (χ1) is 8.15. The number of carbonyl (C=O) groups is 1. The third kappa shape index (κ3) is 2.81. The Balaban J connectivity index is 2.01. The summed E-state index contributed by atoms with van der Waals surface area (Å²) in [5.41, 5.74) is 6.94. The highest BCUT2D eigenvalue weighted by atomic mass is 16.2. The van der Waals surface area contributed by atoms with Crippen molar-refractivity contribution in [1.29, 1.82) is 0 Å². The van der Waals surface area contributed by atoms with Crippen molar-refractivity contribution in [3.63, 3.8) is 0 Å². The number of hydrogen-bond donors (Lipinski definition) is 2. The van der Waals surface area contributed by atoms with Crippen LogP contribution in [-0.2, 0) is 11.3 Å². The number of aromatic nitrogens is 3. The highest BCUT2D eigenvalue weighted by Crippen LogP contribution is 2.10. The van der Waals surface area contributed by atoms with Crippen LogP contribution in [0.25, 0.3) is 0 Å². The van der Waals surface area contributed by atoms with E-state index in [4.69, 9.17) is 5.73 Å². The molecule has 0 bridgehead atoms. The Morgan fingerprint density at radius 1 is 1.53 bits per heavy atom. The van der Waals surface area contributed by atoms with E-state index in [1.165, 1.54) is 4.68 Å². The average Bonchev–Trinajstić information content (AvgIpc) is 2.67. The number of nitrogen functional groups attached to an aromatic ring is 1. The molecule has 0 aliphatic rings. The number of carbonyl (C=O) groups excluding carboxylic acids is 1. The van der Waals surface area contributed by atoms with E-state index < -0.39 is 0 Å². The summed E-state index contributed by atoms with van der Waals surface area (Å²) in [5, 5.41) is 6.70. The minimum atomic E-state index is -0.163. The Morgan fingerprint density at radius 3 is 3.00 bits per heavy atom. The number of nitrogens with one attached hydrogen (secondary N) is 1. The van der Waals surface area contributed by atoms with E-state index in [1.54, 1.807) is 30.6 Å². The first kappa shape index (κ1) is 11.1. The van der Waals surface area contributed by atoms with Gasteiger partial charge in [0.25, 0.3) is 0 Å². The normalized spacial score (nSPS) is 10.2. The highest BCUT2D eigenvalue weighted by molar-refractivity contribution is 5.90. The van der Waals surface area contributed by atoms with Crippen molar-refractivity contribution in [3.05, 3.63) is 36.3 Å². The Labute approximate surface area is 98.5 Å². The fourth-order valence-electron chi connectivity index (χ4n) is 1.42. The lowest BCUT2D eigenvalue weighted by Gasteiger charge is -2.07. The summed E-state index contributed by atoms with van der Waals surface area (Å²) in [6, 6.07) is 5.22. The van der Waals surface area contributed by atoms with Crippen LogP contribution in [0.1, 0.15) is 5.69 Å². The third-order valence-electron chi connectivity index (χ3n) is 2.25. The van der Waals surface area contributed by atoms with Gasteiger partial charge in [-0.05, 0) is 25.1 Å². The molecule has 2 aromatic rings. The predicted octanol–water partition coefficient (Wildman–Crippen LogP) is 0.807. The van der Waals surface area contributed by atoms with E-state index in [-0.39, 0.29) is 12.5 Å². The lowest BCUT2D eigenvalue weighted by molar-refractivity contribution is -0.116. The molecule has 0 spiro atoms. The summed E-state index contributed by atoms with van der Waals surface area (Å²) < 4.78 is 1.48. The molecule has 2 aromatic heterocycles. The van der Waals surface area contributed by atoms with Gasteiger partial charge in [0, 0.05) is 12.4 Å². The molecule has 0 aliphatic heterocycles. The zero-order chi connectivity index (χ0) is 12.3. The van der Waals surface area contributed by atoms with Crippen LogP contribution in [0.4, 0.5) is 11.5 Å². The molecule has 0 saturated carbocycles. The number of nitrogens with zero attached hydrogens (tertiary/aromatic N) is 3. The molecule has 0 unspecified atom stereocenters. The molecule has 1 amide bonds. The van der Waals surface area contributed by atoms with Crippen molar-refractivity contribution >= 4 is 17.4 Å². The van der Waals surface area contributed by atoms with E-state index in [0.29, 0.717) is 11.5 Å². The van der Waals surface area contributed by atoms with E-state index in [2.05, 4.69) is 15.4 Å². The van der Waals surface area contributed by atoms with Gasteiger partial charge in [-0.3, -0.25) is 14.5 Å². The number of aryl methyl sites for hydroxylation is 1. The van der Waals surface area contributed by atoms with Gasteiger partial charge in [-0.1, -0.05) is 0 Å². The van der Waals surface area contributed by atoms with E-state index >= 15 is 0 Å². The van der Waals surface area contributed by atoms with Gasteiger partial charge in [-0.2, -0.15) is 5.10 Å². The number of rotatable bonds is 3. The molecule has 0 saturated heterocycles. The lowest BCUT2D eigenvalue weighted by atomic mass is 10.3. The molecule has 0 atom stereocenters. The van der Waals surface area contributed by atoms with Gasteiger partial charge in [0.1, 0.15) is 12.4 Å². The largest absolute Gasteiger partial charge is 0.382 e. The SMILES string of the molecule is Cc1ncccc1NC(=O)Cn1ccc(N)n1. The second-order valence-electron chi connectivity index (χ2n) is 3.62. The number of hydrogen-bond acceptors (Lipinski definition) is 4. The highest BCUT2D eigenvalue weighted by Gasteiger charge is 2.06. The zero-order valence-electron chi connectivity index (χ0n) is 9.42. The van der Waals surface area contributed by atoms with Crippen LogP contribution >= 0.6 is 0 Å². The minimum absolute atomic E-state index is 0.130. The fraction of sp³-hybridized carbons (Fsp3) is 0.182. The van der Waals surface area contributed by atoms with Gasteiger partial charge >= 0.3 is 0 Å². The van der Waals surface area contributed by atoms with Crippen LogP contribution in [-0.4, -0.2) is 20.7 Å². The van der Waals surface area contributed by atoms with Crippen LogP contribution in [0.5, 0.6) is 0 Å². The van der Waals surface area contributed by atoms with Crippen LogP contribution in [0.3, 0.4) is 0 Å². The second-order valence-corrected chi connectivity index (χ2v) is 3.62. The van der Waals surface area contributed by atoms with Gasteiger partial charge in [-0.25, -0.2) is 0 Å². The van der Waals surface area contributed by atoms with Gasteiger partial charge in [0.15, 0.2) is 0 Å². The molecular weight excluding hydrogens is 218 g/mol. The number of amides is 1. The van der Waals surface area contributed by atoms with Crippen LogP contribution in [0.15, 0.2) is 30.6 Å². The molecule has 3 N–H and O–H groups in total. The zero-order valence-corrected chi connectivity index (χ0v) is 9.42. The first-order valence-electron chi connectivity index (χ1n) is 5.15. The molecule has 0 aliphatic carbocycles. The molecule has 0 radical (unpaired) electrons. The fourth-order valence-corrected chi connectivity index (χ4v) is 1.42. The Morgan fingerprint density at radius 2 is 2.35 bits per heavy atom. The van der Waals surface area contributed by atoms with E-state index in [9.17, 15) is 4.79 Å². The van der Waals surface area contributed by atoms with Crippen molar-refractivity contribution in [2.24, 2.45) is 0 Å². The molecule has 6 heteroatoms. The van der Waals surface area contributed by atoms with Crippen LogP contribution < -0.4 is 11.1 Å². The molecule has 88 valence electrons. The minimum Gasteiger partial charge on any atom is -0.382 e. The van der Waals surface area contributed by atoms with Crippen LogP contribution in [0, 0.1) is 6.92 Å².